The summed E-state index contributed by atoms with van der Waals surface area (Å²) in [6.07, 6.45) is -2.77. The van der Waals surface area contributed by atoms with Crippen molar-refractivity contribution in [1.29, 1.82) is 0 Å². The first-order valence-electron chi connectivity index (χ1n) is 8.62. The van der Waals surface area contributed by atoms with E-state index in [0.29, 0.717) is 23.5 Å². The molecule has 0 saturated carbocycles. The van der Waals surface area contributed by atoms with E-state index < -0.39 is 12.8 Å². The molecule has 0 aliphatic rings. The van der Waals surface area contributed by atoms with Gasteiger partial charge in [0, 0.05) is 16.1 Å². The third-order valence-corrected chi connectivity index (χ3v) is 4.76. The van der Waals surface area contributed by atoms with E-state index in [4.69, 9.17) is 0 Å². The Morgan fingerprint density at radius 3 is 2.52 bits per heavy atom. The molecule has 1 heterocycles. The van der Waals surface area contributed by atoms with Gasteiger partial charge in [-0.3, -0.25) is 4.79 Å². The lowest BCUT2D eigenvalue weighted by atomic mass is 10.1. The predicted octanol–water partition coefficient (Wildman–Crippen LogP) is 5.03. The van der Waals surface area contributed by atoms with Crippen LogP contribution in [0.2, 0.25) is 0 Å². The molecule has 152 valence electrons. The van der Waals surface area contributed by atoms with E-state index in [9.17, 15) is 18.0 Å². The van der Waals surface area contributed by atoms with Gasteiger partial charge in [-0.15, -0.1) is 0 Å². The van der Waals surface area contributed by atoms with Crippen LogP contribution in [0, 0.1) is 0 Å². The minimum Gasteiger partial charge on any atom is -0.367 e. The maximum atomic E-state index is 12.5. The molecule has 0 atom stereocenters. The zero-order valence-corrected chi connectivity index (χ0v) is 16.7. The van der Waals surface area contributed by atoms with Gasteiger partial charge in [0.05, 0.1) is 19.3 Å². The maximum Gasteiger partial charge on any atom is 0.411 e. The first-order chi connectivity index (χ1) is 13.8. The highest BCUT2D eigenvalue weighted by Crippen LogP contribution is 2.19. The van der Waals surface area contributed by atoms with Gasteiger partial charge >= 0.3 is 6.18 Å². The number of ether oxygens (including phenoxy) is 1. The van der Waals surface area contributed by atoms with Gasteiger partial charge in [0.2, 0.25) is 0 Å². The van der Waals surface area contributed by atoms with E-state index in [-0.39, 0.29) is 12.5 Å². The molecular formula is C20H17BrF3N3O2. The van der Waals surface area contributed by atoms with Crippen LogP contribution in [0.5, 0.6) is 0 Å². The molecule has 0 spiro atoms. The van der Waals surface area contributed by atoms with Crippen LogP contribution in [0.3, 0.4) is 0 Å². The lowest BCUT2D eigenvalue weighted by Crippen LogP contribution is -2.17. The van der Waals surface area contributed by atoms with Gasteiger partial charge in [-0.1, -0.05) is 46.3 Å². The Labute approximate surface area is 173 Å². The number of amides is 1. The third kappa shape index (κ3) is 6.16. The molecule has 2 aromatic carbocycles. The number of carbonyl (C=O) groups excluding carboxylic acids is 1. The fourth-order valence-electron chi connectivity index (χ4n) is 2.58. The molecule has 0 unspecified atom stereocenters. The van der Waals surface area contributed by atoms with Gasteiger partial charge < -0.3 is 10.1 Å². The van der Waals surface area contributed by atoms with Gasteiger partial charge in [-0.05, 0) is 29.3 Å². The number of rotatable bonds is 7. The average molecular weight is 468 g/mol. The van der Waals surface area contributed by atoms with Crippen LogP contribution in [0.4, 0.5) is 19.0 Å². The molecule has 0 fully saturated rings. The van der Waals surface area contributed by atoms with Crippen molar-refractivity contribution in [3.8, 4) is 0 Å². The first-order valence-corrected chi connectivity index (χ1v) is 9.41. The zero-order valence-electron chi connectivity index (χ0n) is 15.1. The molecule has 1 N–H and O–H groups in total. The number of hydrogen-bond donors (Lipinski definition) is 1. The highest BCUT2D eigenvalue weighted by Gasteiger charge is 2.27. The van der Waals surface area contributed by atoms with E-state index in [0.717, 1.165) is 10.0 Å². The number of nitrogens with zero attached hydrogens (tertiary/aromatic N) is 2. The number of halogens is 4. The number of hydrogen-bond acceptors (Lipinski definition) is 3. The molecule has 1 amide bonds. The lowest BCUT2D eigenvalue weighted by Gasteiger charge is -2.11. The minimum atomic E-state index is -4.36. The number of alkyl halides is 3. The van der Waals surface area contributed by atoms with Gasteiger partial charge in [-0.2, -0.15) is 18.3 Å². The van der Waals surface area contributed by atoms with E-state index in [1.165, 1.54) is 12.1 Å². The Kier molecular flexibility index (Phi) is 6.71. The summed E-state index contributed by atoms with van der Waals surface area (Å²) < 4.78 is 43.6. The van der Waals surface area contributed by atoms with Crippen molar-refractivity contribution >= 4 is 27.7 Å². The normalized spacial score (nSPS) is 11.4. The highest BCUT2D eigenvalue weighted by atomic mass is 79.9. The summed E-state index contributed by atoms with van der Waals surface area (Å²) in [5.41, 5.74) is 1.93. The Bertz CT molecular complexity index is 972. The van der Waals surface area contributed by atoms with Crippen LogP contribution < -0.4 is 5.32 Å². The van der Waals surface area contributed by atoms with Crippen LogP contribution >= 0.6 is 15.9 Å². The van der Waals surface area contributed by atoms with E-state index >= 15 is 0 Å². The molecule has 29 heavy (non-hydrogen) atoms. The van der Waals surface area contributed by atoms with Crippen molar-refractivity contribution in [1.82, 2.24) is 9.78 Å². The second-order valence-electron chi connectivity index (χ2n) is 6.22. The van der Waals surface area contributed by atoms with Crippen molar-refractivity contribution in [3.05, 3.63) is 82.0 Å². The molecule has 0 aliphatic carbocycles. The summed E-state index contributed by atoms with van der Waals surface area (Å²) in [6.45, 7) is -1.02. The van der Waals surface area contributed by atoms with E-state index in [1.807, 2.05) is 24.3 Å². The Morgan fingerprint density at radius 2 is 1.83 bits per heavy atom. The summed E-state index contributed by atoms with van der Waals surface area (Å²) in [5, 5.41) is 7.03. The standard InChI is InChI=1S/C20H17BrF3N3O2/c21-17-4-2-1-3-16(17)11-27-18(9-10-25-27)26-19(28)15-7-5-14(6-8-15)12-29-13-20(22,23)24/h1-10H,11-13H2,(H,26,28). The Hall–Kier alpha value is -2.65. The van der Waals surface area contributed by atoms with Crippen molar-refractivity contribution in [3.63, 3.8) is 0 Å². The topological polar surface area (TPSA) is 56.2 Å². The lowest BCUT2D eigenvalue weighted by molar-refractivity contribution is -0.176. The van der Waals surface area contributed by atoms with Crippen molar-refractivity contribution in [2.24, 2.45) is 0 Å². The van der Waals surface area contributed by atoms with Gasteiger partial charge in [0.15, 0.2) is 0 Å². The van der Waals surface area contributed by atoms with Gasteiger partial charge in [0.1, 0.15) is 12.4 Å². The molecule has 5 nitrogen and oxygen atoms in total. The SMILES string of the molecule is O=C(Nc1ccnn1Cc1ccccc1Br)c1ccc(COCC(F)(F)F)cc1. The summed E-state index contributed by atoms with van der Waals surface area (Å²) in [5.74, 6) is 0.185. The van der Waals surface area contributed by atoms with Crippen molar-refractivity contribution in [2.45, 2.75) is 19.3 Å². The highest BCUT2D eigenvalue weighted by molar-refractivity contribution is 9.10. The quantitative estimate of drug-likeness (QED) is 0.530. The Balaban J connectivity index is 1.61. The number of aromatic nitrogens is 2. The molecule has 9 heteroatoms. The van der Waals surface area contributed by atoms with Crippen LogP contribution in [0.15, 0.2) is 65.3 Å². The molecule has 0 radical (unpaired) electrons. The summed E-state index contributed by atoms with van der Waals surface area (Å²) in [4.78, 5) is 12.5. The van der Waals surface area contributed by atoms with Crippen LogP contribution in [0.25, 0.3) is 0 Å². The molecular weight excluding hydrogens is 451 g/mol. The summed E-state index contributed by atoms with van der Waals surface area (Å²) in [6, 6.07) is 15.6. The average Bonchev–Trinajstić information content (AvgIpc) is 3.10. The molecule has 0 aliphatic heterocycles. The number of benzene rings is 2. The predicted molar refractivity (Wildman–Crippen MR) is 106 cm³/mol. The molecule has 3 aromatic rings. The summed E-state index contributed by atoms with van der Waals surface area (Å²) in [7, 11) is 0. The van der Waals surface area contributed by atoms with E-state index in [1.54, 1.807) is 29.1 Å². The second kappa shape index (κ2) is 9.23. The number of carbonyl (C=O) groups is 1. The van der Waals surface area contributed by atoms with Gasteiger partial charge in [-0.25, -0.2) is 4.68 Å². The summed E-state index contributed by atoms with van der Waals surface area (Å²) >= 11 is 3.49. The monoisotopic (exact) mass is 467 g/mol. The largest absolute Gasteiger partial charge is 0.411 e. The second-order valence-corrected chi connectivity index (χ2v) is 7.08. The fraction of sp³-hybridized carbons (Fsp3) is 0.200. The molecule has 0 saturated heterocycles. The fourth-order valence-corrected chi connectivity index (χ4v) is 2.99. The zero-order chi connectivity index (χ0) is 20.9. The molecule has 3 rings (SSSR count). The maximum absolute atomic E-state index is 12.5. The number of nitrogens with one attached hydrogen (secondary N) is 1. The molecule has 0 bridgehead atoms. The minimum absolute atomic E-state index is 0.180. The van der Waals surface area contributed by atoms with Crippen LogP contribution in [-0.2, 0) is 17.9 Å². The van der Waals surface area contributed by atoms with Crippen molar-refractivity contribution < 1.29 is 22.7 Å². The van der Waals surface area contributed by atoms with Crippen LogP contribution in [0.1, 0.15) is 21.5 Å². The third-order valence-electron chi connectivity index (χ3n) is 3.99. The van der Waals surface area contributed by atoms with Crippen LogP contribution in [-0.4, -0.2) is 28.5 Å². The first kappa shape index (κ1) is 21.1. The van der Waals surface area contributed by atoms with Crippen molar-refractivity contribution in [2.75, 3.05) is 11.9 Å². The van der Waals surface area contributed by atoms with E-state index in [2.05, 4.69) is 31.1 Å². The number of anilines is 1. The Morgan fingerprint density at radius 1 is 1.10 bits per heavy atom. The smallest absolute Gasteiger partial charge is 0.367 e. The van der Waals surface area contributed by atoms with Gasteiger partial charge in [0.25, 0.3) is 5.91 Å². The molecule has 1 aromatic heterocycles.